The molecule has 1 aromatic carbocycles. The average molecular weight is 439 g/mol. The smallest absolute Gasteiger partial charge is 0.447 e. The van der Waals surface area contributed by atoms with Gasteiger partial charge in [-0.1, -0.05) is 57.2 Å². The molecule has 32 heavy (non-hydrogen) atoms. The SMILES string of the molecule is CC(C)(C)/C=C(\C#N)C(=O)N1C[C@H]2C[C@H]2[C@@H]1COC(=O)N[C@@H](Cc1ccccc1)B(O)O. The van der Waals surface area contributed by atoms with Gasteiger partial charge in [-0.3, -0.25) is 4.79 Å². The van der Waals surface area contributed by atoms with Crippen molar-refractivity contribution >= 4 is 19.1 Å². The quantitative estimate of drug-likeness (QED) is 0.338. The first kappa shape index (κ1) is 23.8. The third-order valence-corrected chi connectivity index (χ3v) is 5.84. The zero-order valence-electron chi connectivity index (χ0n) is 18.7. The van der Waals surface area contributed by atoms with Gasteiger partial charge in [0, 0.05) is 6.54 Å². The Morgan fingerprint density at radius 3 is 2.62 bits per heavy atom. The summed E-state index contributed by atoms with van der Waals surface area (Å²) in [5.74, 6) is -0.642. The van der Waals surface area contributed by atoms with Gasteiger partial charge in [-0.05, 0) is 35.7 Å². The van der Waals surface area contributed by atoms with Crippen LogP contribution in [0.1, 0.15) is 32.8 Å². The number of piperidine rings is 1. The van der Waals surface area contributed by atoms with Crippen LogP contribution in [0.3, 0.4) is 0 Å². The van der Waals surface area contributed by atoms with E-state index in [2.05, 4.69) is 5.32 Å². The van der Waals surface area contributed by atoms with E-state index in [4.69, 9.17) is 4.74 Å². The highest BCUT2D eigenvalue weighted by Crippen LogP contribution is 2.50. The molecule has 1 saturated heterocycles. The van der Waals surface area contributed by atoms with Crippen molar-refractivity contribution in [3.05, 3.63) is 47.5 Å². The molecule has 3 N–H and O–H groups in total. The summed E-state index contributed by atoms with van der Waals surface area (Å²) in [5, 5.41) is 31.2. The van der Waals surface area contributed by atoms with Gasteiger partial charge in [-0.25, -0.2) is 4.79 Å². The number of hydrogen-bond donors (Lipinski definition) is 3. The molecule has 0 bridgehead atoms. The van der Waals surface area contributed by atoms with E-state index in [9.17, 15) is 24.9 Å². The fraction of sp³-hybridized carbons (Fsp3) is 0.522. The lowest BCUT2D eigenvalue weighted by molar-refractivity contribution is -0.129. The second kappa shape index (κ2) is 9.76. The number of carbonyl (C=O) groups excluding carboxylic acids is 2. The molecule has 1 heterocycles. The molecule has 0 aromatic heterocycles. The number of nitriles is 1. The van der Waals surface area contributed by atoms with Crippen molar-refractivity contribution in [2.75, 3.05) is 13.2 Å². The first-order valence-electron chi connectivity index (χ1n) is 10.9. The number of likely N-dealkylation sites (tertiary alicyclic amines) is 1. The molecular formula is C23H30BN3O5. The van der Waals surface area contributed by atoms with E-state index >= 15 is 0 Å². The van der Waals surface area contributed by atoms with E-state index in [0.29, 0.717) is 12.5 Å². The van der Waals surface area contributed by atoms with E-state index < -0.39 is 19.2 Å². The predicted molar refractivity (Wildman–Crippen MR) is 119 cm³/mol. The third-order valence-electron chi connectivity index (χ3n) is 5.84. The van der Waals surface area contributed by atoms with Gasteiger partial charge >= 0.3 is 13.2 Å². The normalized spacial score (nSPS) is 23.1. The van der Waals surface area contributed by atoms with Gasteiger partial charge in [-0.2, -0.15) is 5.26 Å². The van der Waals surface area contributed by atoms with Crippen LogP contribution in [0.4, 0.5) is 4.79 Å². The first-order valence-corrected chi connectivity index (χ1v) is 10.9. The fourth-order valence-corrected chi connectivity index (χ4v) is 4.20. The summed E-state index contributed by atoms with van der Waals surface area (Å²) < 4.78 is 5.37. The molecule has 1 aliphatic carbocycles. The molecular weight excluding hydrogens is 409 g/mol. The molecule has 0 radical (unpaired) electrons. The molecule has 4 atom stereocenters. The molecule has 170 valence electrons. The van der Waals surface area contributed by atoms with Gasteiger partial charge in [0.1, 0.15) is 18.2 Å². The minimum Gasteiger partial charge on any atom is -0.447 e. The van der Waals surface area contributed by atoms with E-state index in [1.54, 1.807) is 11.0 Å². The Hall–Kier alpha value is -2.83. The molecule has 0 spiro atoms. The van der Waals surface area contributed by atoms with Gasteiger partial charge in [0.05, 0.1) is 12.0 Å². The van der Waals surface area contributed by atoms with Crippen LogP contribution in [0.15, 0.2) is 42.0 Å². The Morgan fingerprint density at radius 2 is 2.03 bits per heavy atom. The van der Waals surface area contributed by atoms with Gasteiger partial charge in [0.25, 0.3) is 5.91 Å². The molecule has 1 saturated carbocycles. The average Bonchev–Trinajstić information content (AvgIpc) is 3.41. The summed E-state index contributed by atoms with van der Waals surface area (Å²) >= 11 is 0. The summed E-state index contributed by atoms with van der Waals surface area (Å²) in [6.45, 7) is 6.31. The standard InChI is InChI=1S/C23H30BN3O5/c1-23(2,3)11-17(12-25)21(28)27-13-16-10-18(16)19(27)14-32-22(29)26-20(24(30)31)9-15-7-5-4-6-8-15/h4-8,11,16,18-20,30-31H,9-10,13-14H2,1-3H3,(H,26,29)/b17-11+/t16-,18-,19+,20+/m1/s1. The van der Waals surface area contributed by atoms with Crippen LogP contribution >= 0.6 is 0 Å². The van der Waals surface area contributed by atoms with Gasteiger partial charge in [-0.15, -0.1) is 0 Å². The predicted octanol–water partition coefficient (Wildman–Crippen LogP) is 1.68. The number of hydrogen-bond acceptors (Lipinski definition) is 6. The van der Waals surface area contributed by atoms with Crippen molar-refractivity contribution in [3.8, 4) is 6.07 Å². The monoisotopic (exact) mass is 439 g/mol. The number of fused-ring (bicyclic) bond motifs is 1. The van der Waals surface area contributed by atoms with Crippen LogP contribution < -0.4 is 5.32 Å². The van der Waals surface area contributed by atoms with Gasteiger partial charge in [0.2, 0.25) is 0 Å². The Bertz CT molecular complexity index is 906. The minimum atomic E-state index is -1.75. The van der Waals surface area contributed by atoms with Crippen LogP contribution in [-0.2, 0) is 16.0 Å². The van der Waals surface area contributed by atoms with Crippen LogP contribution in [0.5, 0.6) is 0 Å². The second-order valence-corrected chi connectivity index (χ2v) is 9.67. The molecule has 2 aliphatic rings. The molecule has 0 unspecified atom stereocenters. The van der Waals surface area contributed by atoms with E-state index in [-0.39, 0.29) is 41.9 Å². The third kappa shape index (κ3) is 6.12. The maximum Gasteiger partial charge on any atom is 0.475 e. The molecule has 2 fully saturated rings. The van der Waals surface area contributed by atoms with E-state index in [0.717, 1.165) is 12.0 Å². The highest BCUT2D eigenvalue weighted by atomic mass is 16.5. The maximum atomic E-state index is 13.0. The van der Waals surface area contributed by atoms with E-state index in [1.165, 1.54) is 0 Å². The molecule has 8 nitrogen and oxygen atoms in total. The van der Waals surface area contributed by atoms with Crippen molar-refractivity contribution in [2.45, 2.75) is 45.6 Å². The molecule has 3 rings (SSSR count). The van der Waals surface area contributed by atoms with Crippen molar-refractivity contribution in [2.24, 2.45) is 17.3 Å². The number of benzene rings is 1. The molecule has 2 amide bonds. The van der Waals surface area contributed by atoms with Gasteiger partial charge in [0.15, 0.2) is 0 Å². The summed E-state index contributed by atoms with van der Waals surface area (Å²) in [6.07, 6.45) is 2.09. The zero-order valence-corrected chi connectivity index (χ0v) is 18.7. The summed E-state index contributed by atoms with van der Waals surface area (Å²) in [5.41, 5.74) is 0.627. The van der Waals surface area contributed by atoms with Gasteiger partial charge < -0.3 is 25.0 Å². The lowest BCUT2D eigenvalue weighted by Crippen LogP contribution is -2.49. The van der Waals surface area contributed by atoms with Crippen molar-refractivity contribution in [1.29, 1.82) is 5.26 Å². The molecule has 9 heteroatoms. The minimum absolute atomic E-state index is 0.00739. The van der Waals surface area contributed by atoms with Crippen molar-refractivity contribution in [3.63, 3.8) is 0 Å². The first-order chi connectivity index (χ1) is 15.1. The Kier molecular flexibility index (Phi) is 7.27. The number of alkyl carbamates (subject to hydrolysis) is 1. The van der Waals surface area contributed by atoms with Crippen LogP contribution in [0, 0.1) is 28.6 Å². The summed E-state index contributed by atoms with van der Waals surface area (Å²) in [7, 11) is -1.75. The lowest BCUT2D eigenvalue weighted by Gasteiger charge is -2.28. The maximum absolute atomic E-state index is 13.0. The molecule has 1 aliphatic heterocycles. The second-order valence-electron chi connectivity index (χ2n) is 9.67. The van der Waals surface area contributed by atoms with Crippen LogP contribution in [-0.4, -0.2) is 59.2 Å². The lowest BCUT2D eigenvalue weighted by atomic mass is 9.76. The number of carbonyl (C=O) groups is 2. The number of nitrogens with zero attached hydrogens (tertiary/aromatic N) is 2. The van der Waals surface area contributed by atoms with Crippen LogP contribution in [0.2, 0.25) is 0 Å². The summed E-state index contributed by atoms with van der Waals surface area (Å²) in [6, 6.07) is 10.9. The zero-order chi connectivity index (χ0) is 23.5. The number of ether oxygens (including phenoxy) is 1. The van der Waals surface area contributed by atoms with E-state index in [1.807, 2.05) is 57.2 Å². The Labute approximate surface area is 189 Å². The Balaban J connectivity index is 1.59. The van der Waals surface area contributed by atoms with Crippen molar-refractivity contribution in [1.82, 2.24) is 10.2 Å². The number of allylic oxidation sites excluding steroid dienone is 1. The molecule has 1 aromatic rings. The van der Waals surface area contributed by atoms with Crippen molar-refractivity contribution < 1.29 is 24.4 Å². The number of amides is 2. The highest BCUT2D eigenvalue weighted by molar-refractivity contribution is 6.43. The largest absolute Gasteiger partial charge is 0.475 e. The Morgan fingerprint density at radius 1 is 1.34 bits per heavy atom. The fourth-order valence-electron chi connectivity index (χ4n) is 4.20. The topological polar surface area (TPSA) is 123 Å². The number of rotatable bonds is 7. The van der Waals surface area contributed by atoms with Crippen LogP contribution in [0.25, 0.3) is 0 Å². The number of nitrogens with one attached hydrogen (secondary N) is 1. The highest BCUT2D eigenvalue weighted by Gasteiger charge is 2.54. The summed E-state index contributed by atoms with van der Waals surface area (Å²) in [4.78, 5) is 26.9.